The molecule has 1 aliphatic carbocycles. The molecule has 2 aromatic rings. The number of anilines is 1. The highest BCUT2D eigenvalue weighted by atomic mass is 35.5. The number of hydrogen-bond acceptors (Lipinski definition) is 5. The minimum absolute atomic E-state index is 0.0328. The fourth-order valence-corrected chi connectivity index (χ4v) is 3.68. The van der Waals surface area contributed by atoms with Crippen LogP contribution < -0.4 is 27.3 Å². The van der Waals surface area contributed by atoms with Gasteiger partial charge < -0.3 is 16.1 Å². The third-order valence-corrected chi connectivity index (χ3v) is 4.97. The minimum atomic E-state index is -0.737. The summed E-state index contributed by atoms with van der Waals surface area (Å²) in [6, 6.07) is 1.09. The molecule has 0 radical (unpaired) electrons. The Kier molecular flexibility index (Phi) is 3.54. The molecule has 1 saturated carbocycles. The van der Waals surface area contributed by atoms with E-state index in [0.29, 0.717) is 30.9 Å². The molecular weight excluding hydrogens is 337 g/mol. The number of benzene rings is 1. The number of fused-ring (bicyclic) bond motifs is 1. The Labute approximate surface area is 141 Å². The average molecular weight is 354 g/mol. The fraction of sp³-hybridized carbons (Fsp3) is 0.467. The van der Waals surface area contributed by atoms with E-state index in [0.717, 1.165) is 18.9 Å². The maximum atomic E-state index is 14.7. The van der Waals surface area contributed by atoms with Crippen molar-refractivity contribution in [1.82, 2.24) is 14.6 Å². The van der Waals surface area contributed by atoms with E-state index >= 15 is 0 Å². The number of rotatable bonds is 2. The van der Waals surface area contributed by atoms with E-state index in [-0.39, 0.29) is 27.7 Å². The first-order valence-electron chi connectivity index (χ1n) is 7.90. The fourth-order valence-electron chi connectivity index (χ4n) is 3.28. The summed E-state index contributed by atoms with van der Waals surface area (Å²) >= 11 is 6.50. The molecule has 0 atom stereocenters. The molecule has 3 N–H and O–H groups in total. The number of nitrogens with two attached hydrogens (primary N) is 1. The van der Waals surface area contributed by atoms with E-state index in [1.807, 2.05) is 4.90 Å². The highest BCUT2D eigenvalue weighted by molar-refractivity contribution is 6.37. The zero-order valence-corrected chi connectivity index (χ0v) is 13.6. The Hall–Kier alpha value is -2.06. The molecule has 2 aliphatic rings. The predicted octanol–water partition coefficient (Wildman–Crippen LogP) is 0.414. The van der Waals surface area contributed by atoms with Crippen LogP contribution in [0.1, 0.15) is 18.9 Å². The number of piperazine rings is 1. The Balaban J connectivity index is 2.07. The standard InChI is InChI=1S/C15H17ClFN5O2/c16-11-12-9(7-10(17)13(11)20-5-3-19-4-6-20)14(23)22(18)15(24)21(12)8-1-2-8/h7-8,19H,1-6,18H2. The zero-order chi connectivity index (χ0) is 17.0. The van der Waals surface area contributed by atoms with E-state index in [1.54, 1.807) is 0 Å². The predicted molar refractivity (Wildman–Crippen MR) is 90.9 cm³/mol. The number of halogens is 2. The van der Waals surface area contributed by atoms with Crippen LogP contribution in [0.25, 0.3) is 10.9 Å². The van der Waals surface area contributed by atoms with E-state index in [1.165, 1.54) is 4.57 Å². The minimum Gasteiger partial charge on any atom is -0.365 e. The van der Waals surface area contributed by atoms with E-state index < -0.39 is 17.1 Å². The highest BCUT2D eigenvalue weighted by Crippen LogP contribution is 2.40. The molecule has 0 amide bonds. The Morgan fingerprint density at radius 1 is 1.25 bits per heavy atom. The van der Waals surface area contributed by atoms with Gasteiger partial charge in [0.1, 0.15) is 5.82 Å². The molecule has 24 heavy (non-hydrogen) atoms. The highest BCUT2D eigenvalue weighted by Gasteiger charge is 2.31. The smallest absolute Gasteiger partial charge is 0.350 e. The van der Waals surface area contributed by atoms with Crippen molar-refractivity contribution in [3.8, 4) is 0 Å². The lowest BCUT2D eigenvalue weighted by Crippen LogP contribution is -2.45. The van der Waals surface area contributed by atoms with Crippen molar-refractivity contribution < 1.29 is 4.39 Å². The van der Waals surface area contributed by atoms with Gasteiger partial charge in [-0.15, -0.1) is 0 Å². The lowest BCUT2D eigenvalue weighted by Gasteiger charge is -2.31. The molecule has 4 rings (SSSR count). The number of nitrogens with one attached hydrogen (secondary N) is 1. The summed E-state index contributed by atoms with van der Waals surface area (Å²) in [5.41, 5.74) is -0.825. The van der Waals surface area contributed by atoms with Gasteiger partial charge in [-0.3, -0.25) is 9.36 Å². The van der Waals surface area contributed by atoms with Crippen LogP contribution in [-0.2, 0) is 0 Å². The third kappa shape index (κ3) is 2.21. The third-order valence-electron chi connectivity index (χ3n) is 4.62. The van der Waals surface area contributed by atoms with Crippen LogP contribution in [-0.4, -0.2) is 35.4 Å². The van der Waals surface area contributed by atoms with Gasteiger partial charge in [-0.1, -0.05) is 11.6 Å². The summed E-state index contributed by atoms with van der Waals surface area (Å²) in [5.74, 6) is 5.01. The maximum Gasteiger partial charge on any atom is 0.350 e. The van der Waals surface area contributed by atoms with Crippen molar-refractivity contribution in [1.29, 1.82) is 0 Å². The first-order valence-corrected chi connectivity index (χ1v) is 8.28. The SMILES string of the molecule is Nn1c(=O)c2cc(F)c(N3CCNCC3)c(Cl)c2n(C2CC2)c1=O. The summed E-state index contributed by atoms with van der Waals surface area (Å²) < 4.78 is 16.7. The van der Waals surface area contributed by atoms with Gasteiger partial charge in [-0.25, -0.2) is 9.18 Å². The quantitative estimate of drug-likeness (QED) is 0.764. The Morgan fingerprint density at radius 3 is 2.54 bits per heavy atom. The van der Waals surface area contributed by atoms with Crippen LogP contribution in [0.2, 0.25) is 5.02 Å². The second kappa shape index (κ2) is 5.49. The van der Waals surface area contributed by atoms with Crippen LogP contribution >= 0.6 is 11.6 Å². The van der Waals surface area contributed by atoms with Crippen LogP contribution in [0, 0.1) is 5.82 Å². The molecule has 0 bridgehead atoms. The van der Waals surface area contributed by atoms with Crippen molar-refractivity contribution in [3.05, 3.63) is 37.7 Å². The van der Waals surface area contributed by atoms with Gasteiger partial charge in [0.15, 0.2) is 0 Å². The second-order valence-corrected chi connectivity index (χ2v) is 6.59. The monoisotopic (exact) mass is 353 g/mol. The second-order valence-electron chi connectivity index (χ2n) is 6.21. The largest absolute Gasteiger partial charge is 0.365 e. The molecule has 1 aromatic heterocycles. The molecule has 9 heteroatoms. The molecule has 0 unspecified atom stereocenters. The van der Waals surface area contributed by atoms with Crippen molar-refractivity contribution >= 4 is 28.2 Å². The van der Waals surface area contributed by atoms with Crippen molar-refractivity contribution in [2.75, 3.05) is 36.9 Å². The first-order chi connectivity index (χ1) is 11.5. The summed E-state index contributed by atoms with van der Waals surface area (Å²) in [5, 5.41) is 3.33. The summed E-state index contributed by atoms with van der Waals surface area (Å²) in [6.07, 6.45) is 1.62. The topological polar surface area (TPSA) is 85.3 Å². The lowest BCUT2D eigenvalue weighted by atomic mass is 10.1. The first kappa shape index (κ1) is 15.5. The molecule has 0 spiro atoms. The number of hydrogen-bond donors (Lipinski definition) is 2. The van der Waals surface area contributed by atoms with Gasteiger partial charge in [0.2, 0.25) is 0 Å². The molecule has 1 aliphatic heterocycles. The lowest BCUT2D eigenvalue weighted by molar-refractivity contribution is 0.566. The summed E-state index contributed by atoms with van der Waals surface area (Å²) in [4.78, 5) is 26.6. The van der Waals surface area contributed by atoms with E-state index in [9.17, 15) is 14.0 Å². The Bertz CT molecular complexity index is 944. The van der Waals surface area contributed by atoms with Crippen LogP contribution in [0.4, 0.5) is 10.1 Å². The maximum absolute atomic E-state index is 14.7. The van der Waals surface area contributed by atoms with Gasteiger partial charge in [-0.2, -0.15) is 4.68 Å². The average Bonchev–Trinajstić information content (AvgIpc) is 3.40. The van der Waals surface area contributed by atoms with Gasteiger partial charge in [0.05, 0.1) is 21.6 Å². The molecule has 7 nitrogen and oxygen atoms in total. The van der Waals surface area contributed by atoms with E-state index in [2.05, 4.69) is 5.32 Å². The number of nitrogens with zero attached hydrogens (tertiary/aromatic N) is 3. The van der Waals surface area contributed by atoms with Gasteiger partial charge in [0.25, 0.3) is 5.56 Å². The summed E-state index contributed by atoms with van der Waals surface area (Å²) in [6.45, 7) is 2.63. The normalized spacial score (nSPS) is 18.3. The summed E-state index contributed by atoms with van der Waals surface area (Å²) in [7, 11) is 0. The molecule has 1 saturated heterocycles. The zero-order valence-electron chi connectivity index (χ0n) is 12.9. The number of aromatic nitrogens is 2. The van der Waals surface area contributed by atoms with Gasteiger partial charge in [0, 0.05) is 32.2 Å². The molecular formula is C15H17ClFN5O2. The van der Waals surface area contributed by atoms with Crippen molar-refractivity contribution in [2.24, 2.45) is 0 Å². The molecule has 1 aromatic carbocycles. The van der Waals surface area contributed by atoms with Crippen LogP contribution in [0.5, 0.6) is 0 Å². The van der Waals surface area contributed by atoms with E-state index in [4.69, 9.17) is 17.4 Å². The number of nitrogen functional groups attached to an aromatic ring is 1. The van der Waals surface area contributed by atoms with Gasteiger partial charge in [-0.05, 0) is 18.9 Å². The van der Waals surface area contributed by atoms with Crippen molar-refractivity contribution in [2.45, 2.75) is 18.9 Å². The van der Waals surface area contributed by atoms with Crippen molar-refractivity contribution in [3.63, 3.8) is 0 Å². The molecule has 2 heterocycles. The Morgan fingerprint density at radius 2 is 1.92 bits per heavy atom. The van der Waals surface area contributed by atoms with Crippen LogP contribution in [0.3, 0.4) is 0 Å². The molecule has 128 valence electrons. The molecule has 2 fully saturated rings. The van der Waals surface area contributed by atoms with Gasteiger partial charge >= 0.3 is 5.69 Å². The van der Waals surface area contributed by atoms with Crippen LogP contribution in [0.15, 0.2) is 15.7 Å².